The lowest BCUT2D eigenvalue weighted by Gasteiger charge is -2.25. The van der Waals surface area contributed by atoms with Gasteiger partial charge in [0.2, 0.25) is 5.89 Å². The average Bonchev–Trinajstić information content (AvgIpc) is 3.31. The molecule has 0 spiro atoms. The minimum Gasteiger partial charge on any atom is -0.418 e. The maximum absolute atomic E-state index is 5.88. The van der Waals surface area contributed by atoms with Gasteiger partial charge in [0, 0.05) is 6.04 Å². The Bertz CT molecular complexity index is 793. The molecule has 5 heteroatoms. The predicted molar refractivity (Wildman–Crippen MR) is 107 cm³/mol. The van der Waals surface area contributed by atoms with E-state index >= 15 is 0 Å². The molecule has 2 aromatic heterocycles. The van der Waals surface area contributed by atoms with Gasteiger partial charge >= 0.3 is 0 Å². The Morgan fingerprint density at radius 2 is 1.85 bits per heavy atom. The van der Waals surface area contributed by atoms with Gasteiger partial charge < -0.3 is 4.42 Å². The zero-order chi connectivity index (χ0) is 18.5. The molecule has 0 aliphatic rings. The van der Waals surface area contributed by atoms with Crippen LogP contribution in [0.3, 0.4) is 0 Å². The first-order valence-corrected chi connectivity index (χ1v) is 10.2. The second kappa shape index (κ2) is 8.60. The van der Waals surface area contributed by atoms with Crippen molar-refractivity contribution >= 4 is 11.3 Å². The Labute approximate surface area is 159 Å². The molecule has 0 saturated heterocycles. The fraction of sp³-hybridized carbons (Fsp3) is 0.429. The number of aromatic nitrogens is 2. The Morgan fingerprint density at radius 1 is 1.08 bits per heavy atom. The molecular weight excluding hydrogens is 342 g/mol. The molecule has 1 aromatic carbocycles. The van der Waals surface area contributed by atoms with E-state index in [0.29, 0.717) is 17.7 Å². The van der Waals surface area contributed by atoms with Crippen molar-refractivity contribution in [2.45, 2.75) is 52.6 Å². The highest BCUT2D eigenvalue weighted by Gasteiger charge is 2.22. The second-order valence-corrected chi connectivity index (χ2v) is 7.97. The monoisotopic (exact) mass is 369 g/mol. The SMILES string of the molecule is CCCc1ccc(C(NC(C)c2nnc(-c3cccs3)o2)C(C)C)cc1. The molecule has 3 aromatic rings. The van der Waals surface area contributed by atoms with Crippen molar-refractivity contribution in [2.24, 2.45) is 5.92 Å². The van der Waals surface area contributed by atoms with Crippen LogP contribution in [0, 0.1) is 5.92 Å². The standard InChI is InChI=1S/C21H27N3OS/c1-5-7-16-9-11-17(12-10-16)19(14(2)3)22-15(4)20-23-24-21(25-20)18-8-6-13-26-18/h6,8-15,19,22H,5,7H2,1-4H3. The first-order valence-electron chi connectivity index (χ1n) is 9.30. The summed E-state index contributed by atoms with van der Waals surface area (Å²) >= 11 is 1.61. The third-order valence-corrected chi connectivity index (χ3v) is 5.37. The van der Waals surface area contributed by atoms with Crippen molar-refractivity contribution < 1.29 is 4.42 Å². The van der Waals surface area contributed by atoms with Gasteiger partial charge in [0.15, 0.2) is 0 Å². The zero-order valence-corrected chi connectivity index (χ0v) is 16.7. The van der Waals surface area contributed by atoms with Gasteiger partial charge in [0.05, 0.1) is 10.9 Å². The molecule has 0 bridgehead atoms. The van der Waals surface area contributed by atoms with E-state index in [1.807, 2.05) is 17.5 Å². The number of nitrogens with one attached hydrogen (secondary N) is 1. The van der Waals surface area contributed by atoms with Crippen LogP contribution in [0.1, 0.15) is 63.2 Å². The summed E-state index contributed by atoms with van der Waals surface area (Å²) < 4.78 is 5.88. The van der Waals surface area contributed by atoms with E-state index in [1.165, 1.54) is 17.5 Å². The van der Waals surface area contributed by atoms with Crippen molar-refractivity contribution in [3.8, 4) is 10.8 Å². The number of aryl methyl sites for hydroxylation is 1. The number of hydrogen-bond donors (Lipinski definition) is 1. The summed E-state index contributed by atoms with van der Waals surface area (Å²) in [5.41, 5.74) is 2.69. The van der Waals surface area contributed by atoms with Crippen LogP contribution in [0.25, 0.3) is 10.8 Å². The zero-order valence-electron chi connectivity index (χ0n) is 15.9. The van der Waals surface area contributed by atoms with Crippen molar-refractivity contribution in [2.75, 3.05) is 0 Å². The van der Waals surface area contributed by atoms with Crippen LogP contribution in [0.5, 0.6) is 0 Å². The molecule has 0 aliphatic heterocycles. The summed E-state index contributed by atoms with van der Waals surface area (Å²) in [4.78, 5) is 1.00. The highest BCUT2D eigenvalue weighted by molar-refractivity contribution is 7.13. The van der Waals surface area contributed by atoms with Gasteiger partial charge in [0.1, 0.15) is 0 Å². The smallest absolute Gasteiger partial charge is 0.257 e. The van der Waals surface area contributed by atoms with Crippen molar-refractivity contribution in [1.29, 1.82) is 0 Å². The first-order chi connectivity index (χ1) is 12.6. The molecule has 4 nitrogen and oxygen atoms in total. The van der Waals surface area contributed by atoms with Gasteiger partial charge in [-0.1, -0.05) is 57.5 Å². The summed E-state index contributed by atoms with van der Waals surface area (Å²) in [6.45, 7) is 8.75. The van der Waals surface area contributed by atoms with Crippen molar-refractivity contribution in [1.82, 2.24) is 15.5 Å². The lowest BCUT2D eigenvalue weighted by molar-refractivity contribution is 0.335. The Morgan fingerprint density at radius 3 is 2.46 bits per heavy atom. The average molecular weight is 370 g/mol. The number of benzene rings is 1. The lowest BCUT2D eigenvalue weighted by atomic mass is 9.94. The Kier molecular flexibility index (Phi) is 6.22. The van der Waals surface area contributed by atoms with Gasteiger partial charge in [-0.2, -0.15) is 0 Å². The molecule has 138 valence electrons. The van der Waals surface area contributed by atoms with Crippen LogP contribution in [0.4, 0.5) is 0 Å². The van der Waals surface area contributed by atoms with Crippen LogP contribution in [0.2, 0.25) is 0 Å². The van der Waals surface area contributed by atoms with E-state index in [1.54, 1.807) is 11.3 Å². The molecule has 1 N–H and O–H groups in total. The van der Waals surface area contributed by atoms with E-state index in [9.17, 15) is 0 Å². The van der Waals surface area contributed by atoms with Gasteiger partial charge in [-0.25, -0.2) is 0 Å². The molecule has 2 heterocycles. The minimum absolute atomic E-state index is 0.0149. The molecule has 0 amide bonds. The molecule has 2 atom stereocenters. The maximum atomic E-state index is 5.88. The predicted octanol–water partition coefficient (Wildman–Crippen LogP) is 5.80. The highest BCUT2D eigenvalue weighted by atomic mass is 32.1. The normalized spacial score (nSPS) is 13.9. The number of nitrogens with zero attached hydrogens (tertiary/aromatic N) is 2. The molecular formula is C21H27N3OS. The topological polar surface area (TPSA) is 51.0 Å². The van der Waals surface area contributed by atoms with E-state index < -0.39 is 0 Å². The maximum Gasteiger partial charge on any atom is 0.257 e. The third-order valence-electron chi connectivity index (χ3n) is 4.52. The fourth-order valence-electron chi connectivity index (χ4n) is 3.10. The lowest BCUT2D eigenvalue weighted by Crippen LogP contribution is -2.28. The molecule has 26 heavy (non-hydrogen) atoms. The highest BCUT2D eigenvalue weighted by Crippen LogP contribution is 2.28. The van der Waals surface area contributed by atoms with Crippen LogP contribution in [0.15, 0.2) is 46.2 Å². The first kappa shape index (κ1) is 18.8. The van der Waals surface area contributed by atoms with E-state index in [4.69, 9.17) is 4.42 Å². The minimum atomic E-state index is -0.0149. The largest absolute Gasteiger partial charge is 0.418 e. The number of hydrogen-bond acceptors (Lipinski definition) is 5. The van der Waals surface area contributed by atoms with Gasteiger partial charge in [-0.3, -0.25) is 5.32 Å². The van der Waals surface area contributed by atoms with Crippen molar-refractivity contribution in [3.05, 3.63) is 58.8 Å². The summed E-state index contributed by atoms with van der Waals surface area (Å²) in [5.74, 6) is 1.67. The van der Waals surface area contributed by atoms with Crippen LogP contribution >= 0.6 is 11.3 Å². The fourth-order valence-corrected chi connectivity index (χ4v) is 3.75. The second-order valence-electron chi connectivity index (χ2n) is 7.02. The Balaban J connectivity index is 1.73. The van der Waals surface area contributed by atoms with E-state index in [-0.39, 0.29) is 12.1 Å². The van der Waals surface area contributed by atoms with Crippen LogP contribution in [-0.4, -0.2) is 10.2 Å². The summed E-state index contributed by atoms with van der Waals surface area (Å²) in [6, 6.07) is 13.2. The summed E-state index contributed by atoms with van der Waals surface area (Å²) in [7, 11) is 0. The van der Waals surface area contributed by atoms with Crippen LogP contribution < -0.4 is 5.32 Å². The molecule has 0 saturated carbocycles. The third kappa shape index (κ3) is 4.40. The van der Waals surface area contributed by atoms with Crippen molar-refractivity contribution in [3.63, 3.8) is 0 Å². The molecule has 0 aliphatic carbocycles. The van der Waals surface area contributed by atoms with E-state index in [2.05, 4.69) is 67.5 Å². The molecule has 0 fully saturated rings. The molecule has 3 rings (SSSR count). The Hall–Kier alpha value is -1.98. The van der Waals surface area contributed by atoms with E-state index in [0.717, 1.165) is 11.3 Å². The molecule has 2 unspecified atom stereocenters. The van der Waals surface area contributed by atoms with Gasteiger partial charge in [0.25, 0.3) is 5.89 Å². The van der Waals surface area contributed by atoms with Gasteiger partial charge in [-0.15, -0.1) is 21.5 Å². The quantitative estimate of drug-likeness (QED) is 0.545. The summed E-state index contributed by atoms with van der Waals surface area (Å²) in [6.07, 6.45) is 2.30. The summed E-state index contributed by atoms with van der Waals surface area (Å²) in [5, 5.41) is 14.1. The number of rotatable bonds is 8. The van der Waals surface area contributed by atoms with Gasteiger partial charge in [-0.05, 0) is 41.8 Å². The van der Waals surface area contributed by atoms with Crippen LogP contribution in [-0.2, 0) is 6.42 Å². The number of thiophene rings is 1. The molecule has 0 radical (unpaired) electrons.